The predicted molar refractivity (Wildman–Crippen MR) is 92.4 cm³/mol. The molecule has 2 aromatic rings. The van der Waals surface area contributed by atoms with Crippen molar-refractivity contribution in [1.82, 2.24) is 10.2 Å². The molecule has 0 unspecified atom stereocenters. The van der Waals surface area contributed by atoms with Crippen molar-refractivity contribution < 1.29 is 0 Å². The molecule has 1 aliphatic heterocycles. The Hall–Kier alpha value is -1.84. The van der Waals surface area contributed by atoms with E-state index in [4.69, 9.17) is 5.73 Å². The van der Waals surface area contributed by atoms with E-state index in [1.54, 1.807) is 0 Å². The fourth-order valence-electron chi connectivity index (χ4n) is 3.03. The van der Waals surface area contributed by atoms with Crippen LogP contribution in [0.15, 0.2) is 54.6 Å². The molecule has 0 aromatic heterocycles. The van der Waals surface area contributed by atoms with Crippen LogP contribution in [0.2, 0.25) is 0 Å². The molecule has 0 atom stereocenters. The van der Waals surface area contributed by atoms with Crippen LogP contribution in [-0.2, 0) is 13.1 Å². The lowest BCUT2D eigenvalue weighted by molar-refractivity contribution is 0.190. The highest BCUT2D eigenvalue weighted by Crippen LogP contribution is 2.14. The second kappa shape index (κ2) is 7.43. The van der Waals surface area contributed by atoms with E-state index in [9.17, 15) is 0 Å². The molecule has 116 valence electrons. The number of nitrogen functional groups attached to an aromatic ring is 1. The Kier molecular flexibility index (Phi) is 5.09. The van der Waals surface area contributed by atoms with E-state index in [1.807, 2.05) is 12.1 Å². The molecule has 22 heavy (non-hydrogen) atoms. The highest BCUT2D eigenvalue weighted by molar-refractivity contribution is 5.39. The van der Waals surface area contributed by atoms with Gasteiger partial charge in [0.15, 0.2) is 0 Å². The number of hydrogen-bond donors (Lipinski definition) is 2. The van der Waals surface area contributed by atoms with Crippen LogP contribution in [0.4, 0.5) is 5.69 Å². The molecule has 3 rings (SSSR count). The predicted octanol–water partition coefficient (Wildman–Crippen LogP) is 3.02. The highest BCUT2D eigenvalue weighted by Gasteiger charge is 2.18. The van der Waals surface area contributed by atoms with Crippen molar-refractivity contribution in [2.75, 3.05) is 18.8 Å². The van der Waals surface area contributed by atoms with Crippen LogP contribution < -0.4 is 11.1 Å². The number of piperidine rings is 1. The zero-order chi connectivity index (χ0) is 15.2. The van der Waals surface area contributed by atoms with Crippen LogP contribution in [-0.4, -0.2) is 24.0 Å². The van der Waals surface area contributed by atoms with Crippen molar-refractivity contribution in [2.45, 2.75) is 32.0 Å². The van der Waals surface area contributed by atoms with E-state index >= 15 is 0 Å². The van der Waals surface area contributed by atoms with Crippen molar-refractivity contribution in [2.24, 2.45) is 0 Å². The van der Waals surface area contributed by atoms with Gasteiger partial charge in [0.1, 0.15) is 0 Å². The topological polar surface area (TPSA) is 41.3 Å². The van der Waals surface area contributed by atoms with E-state index in [1.165, 1.54) is 37.1 Å². The molecule has 1 aliphatic rings. The van der Waals surface area contributed by atoms with Gasteiger partial charge in [-0.25, -0.2) is 0 Å². The molecule has 0 bridgehead atoms. The van der Waals surface area contributed by atoms with E-state index in [2.05, 4.69) is 52.7 Å². The molecule has 1 fully saturated rings. The number of nitrogens with zero attached hydrogens (tertiary/aromatic N) is 1. The van der Waals surface area contributed by atoms with Gasteiger partial charge in [-0.3, -0.25) is 4.90 Å². The summed E-state index contributed by atoms with van der Waals surface area (Å²) in [6.07, 6.45) is 2.45. The number of rotatable bonds is 5. The van der Waals surface area contributed by atoms with Gasteiger partial charge in [0.25, 0.3) is 0 Å². The van der Waals surface area contributed by atoms with Gasteiger partial charge < -0.3 is 11.1 Å². The lowest BCUT2D eigenvalue weighted by Gasteiger charge is -2.32. The molecule has 0 aliphatic carbocycles. The SMILES string of the molecule is Nc1ccc(CNC2CCN(Cc3ccccc3)CC2)cc1. The minimum Gasteiger partial charge on any atom is -0.399 e. The summed E-state index contributed by atoms with van der Waals surface area (Å²) >= 11 is 0. The van der Waals surface area contributed by atoms with Crippen molar-refractivity contribution >= 4 is 5.69 Å². The summed E-state index contributed by atoms with van der Waals surface area (Å²) in [4.78, 5) is 2.55. The summed E-state index contributed by atoms with van der Waals surface area (Å²) < 4.78 is 0. The largest absolute Gasteiger partial charge is 0.399 e. The zero-order valence-corrected chi connectivity index (χ0v) is 13.0. The second-order valence-electron chi connectivity index (χ2n) is 6.16. The third-order valence-corrected chi connectivity index (χ3v) is 4.41. The minimum absolute atomic E-state index is 0.629. The Morgan fingerprint density at radius 3 is 2.27 bits per heavy atom. The van der Waals surface area contributed by atoms with Gasteiger partial charge in [-0.15, -0.1) is 0 Å². The molecule has 0 saturated carbocycles. The zero-order valence-electron chi connectivity index (χ0n) is 13.0. The van der Waals surface area contributed by atoms with Crippen LogP contribution in [0, 0.1) is 0 Å². The molecule has 1 heterocycles. The Morgan fingerprint density at radius 1 is 0.909 bits per heavy atom. The maximum Gasteiger partial charge on any atom is 0.0314 e. The van der Waals surface area contributed by atoms with Gasteiger partial charge in [-0.2, -0.15) is 0 Å². The summed E-state index contributed by atoms with van der Waals surface area (Å²) in [5.74, 6) is 0. The molecule has 1 saturated heterocycles. The maximum absolute atomic E-state index is 5.72. The van der Waals surface area contributed by atoms with Crippen LogP contribution >= 0.6 is 0 Å². The van der Waals surface area contributed by atoms with Gasteiger partial charge in [-0.1, -0.05) is 42.5 Å². The molecule has 0 amide bonds. The Bertz CT molecular complexity index is 557. The van der Waals surface area contributed by atoms with Gasteiger partial charge in [0.05, 0.1) is 0 Å². The molecule has 3 N–H and O–H groups in total. The van der Waals surface area contributed by atoms with Crippen LogP contribution in [0.3, 0.4) is 0 Å². The fraction of sp³-hybridized carbons (Fsp3) is 0.368. The highest BCUT2D eigenvalue weighted by atomic mass is 15.1. The maximum atomic E-state index is 5.72. The van der Waals surface area contributed by atoms with Crippen LogP contribution in [0.25, 0.3) is 0 Å². The summed E-state index contributed by atoms with van der Waals surface area (Å²) in [6, 6.07) is 19.5. The van der Waals surface area contributed by atoms with E-state index in [-0.39, 0.29) is 0 Å². The molecular formula is C19H25N3. The van der Waals surface area contributed by atoms with E-state index in [0.29, 0.717) is 6.04 Å². The number of nitrogens with one attached hydrogen (secondary N) is 1. The van der Waals surface area contributed by atoms with Crippen molar-refractivity contribution in [3.63, 3.8) is 0 Å². The average molecular weight is 295 g/mol. The summed E-state index contributed by atoms with van der Waals surface area (Å²) in [6.45, 7) is 4.36. The number of nitrogens with two attached hydrogens (primary N) is 1. The lowest BCUT2D eigenvalue weighted by Crippen LogP contribution is -2.41. The molecule has 0 spiro atoms. The quantitative estimate of drug-likeness (QED) is 0.833. The summed E-state index contributed by atoms with van der Waals surface area (Å²) in [5.41, 5.74) is 9.27. The van der Waals surface area contributed by atoms with Crippen molar-refractivity contribution in [3.05, 3.63) is 65.7 Å². The summed E-state index contributed by atoms with van der Waals surface area (Å²) in [7, 11) is 0. The Labute approximate surface area is 133 Å². The van der Waals surface area contributed by atoms with Gasteiger partial charge in [0, 0.05) is 24.8 Å². The number of likely N-dealkylation sites (tertiary alicyclic amines) is 1. The number of hydrogen-bond acceptors (Lipinski definition) is 3. The van der Waals surface area contributed by atoms with Crippen LogP contribution in [0.1, 0.15) is 24.0 Å². The first kappa shape index (κ1) is 15.1. The van der Waals surface area contributed by atoms with Gasteiger partial charge in [0.2, 0.25) is 0 Å². The van der Waals surface area contributed by atoms with Gasteiger partial charge in [-0.05, 0) is 49.2 Å². The monoisotopic (exact) mass is 295 g/mol. The summed E-state index contributed by atoms with van der Waals surface area (Å²) in [5, 5.41) is 3.67. The second-order valence-corrected chi connectivity index (χ2v) is 6.16. The fourth-order valence-corrected chi connectivity index (χ4v) is 3.03. The average Bonchev–Trinajstić information content (AvgIpc) is 2.57. The number of benzene rings is 2. The molecular weight excluding hydrogens is 270 g/mol. The van der Waals surface area contributed by atoms with E-state index < -0.39 is 0 Å². The lowest BCUT2D eigenvalue weighted by atomic mass is 10.0. The van der Waals surface area contributed by atoms with Crippen molar-refractivity contribution in [3.8, 4) is 0 Å². The first-order valence-electron chi connectivity index (χ1n) is 8.14. The van der Waals surface area contributed by atoms with Gasteiger partial charge >= 0.3 is 0 Å². The Balaban J connectivity index is 1.41. The van der Waals surface area contributed by atoms with Crippen molar-refractivity contribution in [1.29, 1.82) is 0 Å². The molecule has 2 aromatic carbocycles. The third kappa shape index (κ3) is 4.33. The Morgan fingerprint density at radius 2 is 1.59 bits per heavy atom. The normalized spacial score (nSPS) is 16.7. The van der Waals surface area contributed by atoms with Crippen LogP contribution in [0.5, 0.6) is 0 Å². The molecule has 0 radical (unpaired) electrons. The third-order valence-electron chi connectivity index (χ3n) is 4.41. The first-order chi connectivity index (χ1) is 10.8. The first-order valence-corrected chi connectivity index (χ1v) is 8.14. The smallest absolute Gasteiger partial charge is 0.0314 e. The minimum atomic E-state index is 0.629. The standard InChI is InChI=1S/C19H25N3/c20-18-8-6-16(7-9-18)14-21-19-10-12-22(13-11-19)15-17-4-2-1-3-5-17/h1-9,19,21H,10-15,20H2. The molecule has 3 heteroatoms. The van der Waals surface area contributed by atoms with E-state index in [0.717, 1.165) is 18.8 Å². The number of anilines is 1. The molecule has 3 nitrogen and oxygen atoms in total.